The highest BCUT2D eigenvalue weighted by Crippen LogP contribution is 2.16. The molecule has 7 heteroatoms. The Balaban J connectivity index is 2.07. The van der Waals surface area contributed by atoms with Gasteiger partial charge in [0.2, 0.25) is 0 Å². The number of nitrogens with one attached hydrogen (secondary N) is 1. The first-order valence-corrected chi connectivity index (χ1v) is 8.45. The Kier molecular flexibility index (Phi) is 5.59. The molecule has 0 amide bonds. The van der Waals surface area contributed by atoms with Crippen LogP contribution < -0.4 is 14.3 Å². The van der Waals surface area contributed by atoms with E-state index in [0.29, 0.717) is 18.1 Å². The zero-order valence-corrected chi connectivity index (χ0v) is 13.7. The normalized spacial score (nSPS) is 11.4. The smallest absolute Gasteiger partial charge is 0.276 e. The van der Waals surface area contributed by atoms with Crippen molar-refractivity contribution in [1.29, 1.82) is 0 Å². The molecule has 0 saturated carbocycles. The SMILES string of the molecule is CCOc1ccc(S(=O)(=O)NN=Cc2cccc(OC)c2)cc1. The molecule has 0 saturated heterocycles. The number of hydrazone groups is 1. The molecule has 0 radical (unpaired) electrons. The maximum Gasteiger partial charge on any atom is 0.276 e. The molecule has 23 heavy (non-hydrogen) atoms. The first-order valence-electron chi connectivity index (χ1n) is 6.97. The summed E-state index contributed by atoms with van der Waals surface area (Å²) in [5.74, 6) is 1.29. The number of sulfonamides is 1. The van der Waals surface area contributed by atoms with E-state index in [9.17, 15) is 8.42 Å². The Morgan fingerprint density at radius 3 is 2.52 bits per heavy atom. The molecule has 2 rings (SSSR count). The lowest BCUT2D eigenvalue weighted by molar-refractivity contribution is 0.340. The highest BCUT2D eigenvalue weighted by atomic mass is 32.2. The van der Waals surface area contributed by atoms with Gasteiger partial charge in [-0.3, -0.25) is 0 Å². The van der Waals surface area contributed by atoms with E-state index >= 15 is 0 Å². The van der Waals surface area contributed by atoms with Crippen molar-refractivity contribution in [2.24, 2.45) is 5.10 Å². The lowest BCUT2D eigenvalue weighted by atomic mass is 10.2. The molecule has 2 aromatic rings. The average Bonchev–Trinajstić information content (AvgIpc) is 2.56. The van der Waals surface area contributed by atoms with E-state index in [1.165, 1.54) is 18.3 Å². The van der Waals surface area contributed by atoms with E-state index in [1.807, 2.05) is 6.92 Å². The Morgan fingerprint density at radius 1 is 1.13 bits per heavy atom. The summed E-state index contributed by atoms with van der Waals surface area (Å²) < 4.78 is 34.6. The average molecular weight is 334 g/mol. The molecule has 0 fully saturated rings. The molecular weight excluding hydrogens is 316 g/mol. The summed E-state index contributed by atoms with van der Waals surface area (Å²) in [6.45, 7) is 2.38. The number of hydrogen-bond acceptors (Lipinski definition) is 5. The predicted octanol–water partition coefficient (Wildman–Crippen LogP) is 2.41. The molecule has 0 aromatic heterocycles. The third-order valence-corrected chi connectivity index (χ3v) is 4.16. The summed E-state index contributed by atoms with van der Waals surface area (Å²) in [5.41, 5.74) is 0.721. The van der Waals surface area contributed by atoms with Gasteiger partial charge in [0.15, 0.2) is 0 Å². The van der Waals surface area contributed by atoms with Crippen molar-refractivity contribution in [3.8, 4) is 11.5 Å². The van der Waals surface area contributed by atoms with E-state index in [0.717, 1.165) is 5.56 Å². The van der Waals surface area contributed by atoms with Crippen molar-refractivity contribution in [3.05, 3.63) is 54.1 Å². The molecule has 0 atom stereocenters. The minimum Gasteiger partial charge on any atom is -0.497 e. The van der Waals surface area contributed by atoms with Crippen molar-refractivity contribution < 1.29 is 17.9 Å². The second kappa shape index (κ2) is 7.64. The van der Waals surface area contributed by atoms with Crippen LogP contribution in [0.1, 0.15) is 12.5 Å². The quantitative estimate of drug-likeness (QED) is 0.623. The van der Waals surface area contributed by atoms with Crippen LogP contribution in [0, 0.1) is 0 Å². The van der Waals surface area contributed by atoms with Gasteiger partial charge in [0.05, 0.1) is 24.8 Å². The topological polar surface area (TPSA) is 77.0 Å². The maximum atomic E-state index is 12.1. The van der Waals surface area contributed by atoms with Crippen molar-refractivity contribution >= 4 is 16.2 Å². The zero-order chi connectivity index (χ0) is 16.7. The van der Waals surface area contributed by atoms with E-state index in [4.69, 9.17) is 9.47 Å². The van der Waals surface area contributed by atoms with Gasteiger partial charge in [0, 0.05) is 0 Å². The summed E-state index contributed by atoms with van der Waals surface area (Å²) in [5, 5.41) is 3.77. The van der Waals surface area contributed by atoms with Gasteiger partial charge in [0.25, 0.3) is 10.0 Å². The fourth-order valence-corrected chi connectivity index (χ4v) is 2.62. The summed E-state index contributed by atoms with van der Waals surface area (Å²) in [4.78, 5) is 2.29. The summed E-state index contributed by atoms with van der Waals surface area (Å²) in [6.07, 6.45) is 1.41. The first kappa shape index (κ1) is 16.8. The lowest BCUT2D eigenvalue weighted by Crippen LogP contribution is -2.18. The summed E-state index contributed by atoms with van der Waals surface area (Å²) >= 11 is 0. The Labute approximate surface area is 135 Å². The summed E-state index contributed by atoms with van der Waals surface area (Å²) in [6, 6.07) is 13.3. The van der Waals surface area contributed by atoms with E-state index < -0.39 is 10.0 Å². The molecule has 2 aromatic carbocycles. The third kappa shape index (κ3) is 4.72. The van der Waals surface area contributed by atoms with Crippen LogP contribution in [0.2, 0.25) is 0 Å². The molecule has 0 spiro atoms. The van der Waals surface area contributed by atoms with Crippen molar-refractivity contribution in [2.45, 2.75) is 11.8 Å². The molecule has 0 aliphatic rings. The van der Waals surface area contributed by atoms with Crippen LogP contribution >= 0.6 is 0 Å². The van der Waals surface area contributed by atoms with Crippen molar-refractivity contribution in [1.82, 2.24) is 4.83 Å². The van der Waals surface area contributed by atoms with Gasteiger partial charge in [-0.2, -0.15) is 13.5 Å². The van der Waals surface area contributed by atoms with Gasteiger partial charge >= 0.3 is 0 Å². The number of benzene rings is 2. The second-order valence-corrected chi connectivity index (χ2v) is 6.19. The zero-order valence-electron chi connectivity index (χ0n) is 12.9. The third-order valence-electron chi connectivity index (χ3n) is 2.93. The van der Waals surface area contributed by atoms with E-state index in [1.54, 1.807) is 43.5 Å². The van der Waals surface area contributed by atoms with Crippen LogP contribution in [0.25, 0.3) is 0 Å². The highest BCUT2D eigenvalue weighted by molar-refractivity contribution is 7.89. The molecule has 1 N–H and O–H groups in total. The fraction of sp³-hybridized carbons (Fsp3) is 0.188. The van der Waals surface area contributed by atoms with Gasteiger partial charge in [-0.25, -0.2) is 4.83 Å². The molecule has 0 heterocycles. The number of methoxy groups -OCH3 is 1. The first-order chi connectivity index (χ1) is 11.0. The summed E-state index contributed by atoms with van der Waals surface area (Å²) in [7, 11) is -2.15. The van der Waals surface area contributed by atoms with E-state index in [-0.39, 0.29) is 4.90 Å². The molecule has 122 valence electrons. The Morgan fingerprint density at radius 2 is 1.87 bits per heavy atom. The monoisotopic (exact) mass is 334 g/mol. The minimum atomic E-state index is -3.71. The van der Waals surface area contributed by atoms with Crippen molar-refractivity contribution in [2.75, 3.05) is 13.7 Å². The highest BCUT2D eigenvalue weighted by Gasteiger charge is 2.12. The van der Waals surface area contributed by atoms with Crippen LogP contribution in [0.15, 0.2) is 58.5 Å². The number of nitrogens with zero attached hydrogens (tertiary/aromatic N) is 1. The van der Waals surface area contributed by atoms with Gasteiger partial charge in [-0.15, -0.1) is 0 Å². The molecule has 0 aliphatic carbocycles. The van der Waals surface area contributed by atoms with Crippen LogP contribution in [0.4, 0.5) is 0 Å². The van der Waals surface area contributed by atoms with E-state index in [2.05, 4.69) is 9.93 Å². The molecule has 0 unspecified atom stereocenters. The number of ether oxygens (including phenoxy) is 2. The Hall–Kier alpha value is -2.54. The second-order valence-electron chi connectivity index (χ2n) is 4.53. The number of rotatable bonds is 7. The van der Waals surface area contributed by atoms with Gasteiger partial charge in [0.1, 0.15) is 11.5 Å². The van der Waals surface area contributed by atoms with Crippen LogP contribution in [-0.4, -0.2) is 28.3 Å². The maximum absolute atomic E-state index is 12.1. The molecule has 0 bridgehead atoms. The Bertz CT molecular complexity index is 771. The molecule has 6 nitrogen and oxygen atoms in total. The lowest BCUT2D eigenvalue weighted by Gasteiger charge is -2.06. The molecular formula is C16H18N2O4S. The van der Waals surface area contributed by atoms with Crippen LogP contribution in [-0.2, 0) is 10.0 Å². The van der Waals surface area contributed by atoms with Crippen LogP contribution in [0.5, 0.6) is 11.5 Å². The fourth-order valence-electron chi connectivity index (χ4n) is 1.83. The van der Waals surface area contributed by atoms with Gasteiger partial charge in [-0.1, -0.05) is 12.1 Å². The standard InChI is InChI=1S/C16H18N2O4S/c1-3-22-14-7-9-16(10-8-14)23(19,20)18-17-12-13-5-4-6-15(11-13)21-2/h4-12,18H,3H2,1-2H3. The van der Waals surface area contributed by atoms with Gasteiger partial charge < -0.3 is 9.47 Å². The van der Waals surface area contributed by atoms with Crippen molar-refractivity contribution in [3.63, 3.8) is 0 Å². The molecule has 0 aliphatic heterocycles. The number of hydrogen-bond donors (Lipinski definition) is 1. The largest absolute Gasteiger partial charge is 0.497 e. The minimum absolute atomic E-state index is 0.115. The van der Waals surface area contributed by atoms with Gasteiger partial charge in [-0.05, 0) is 48.9 Å². The van der Waals surface area contributed by atoms with Crippen LogP contribution in [0.3, 0.4) is 0 Å². The predicted molar refractivity (Wildman–Crippen MR) is 88.5 cm³/mol.